The normalized spacial score (nSPS) is 18.9. The number of carbonyl (C=O) groups is 1. The van der Waals surface area contributed by atoms with Crippen molar-refractivity contribution in [1.29, 1.82) is 0 Å². The van der Waals surface area contributed by atoms with Gasteiger partial charge in [-0.1, -0.05) is 49.6 Å². The van der Waals surface area contributed by atoms with Crippen molar-refractivity contribution < 1.29 is 9.90 Å². The quantitative estimate of drug-likeness (QED) is 0.601. The fourth-order valence-electron chi connectivity index (χ4n) is 4.94. The fourth-order valence-corrected chi connectivity index (χ4v) is 5.95. The van der Waals surface area contributed by atoms with Gasteiger partial charge in [0.1, 0.15) is 0 Å². The van der Waals surface area contributed by atoms with E-state index >= 15 is 0 Å². The molecule has 4 rings (SSSR count). The summed E-state index contributed by atoms with van der Waals surface area (Å²) in [5.41, 5.74) is 5.35. The SMILES string of the molecule is O=Cc1sc(-c2ccccc2)cc1C1=C(C2CCCCC2)CN(CCCO)CC1. The summed E-state index contributed by atoms with van der Waals surface area (Å²) in [6.45, 7) is 3.22. The van der Waals surface area contributed by atoms with E-state index < -0.39 is 0 Å². The molecule has 0 unspecified atom stereocenters. The Kier molecular flexibility index (Phi) is 6.96. The summed E-state index contributed by atoms with van der Waals surface area (Å²) in [5, 5.41) is 9.24. The first-order chi connectivity index (χ1) is 14.3. The third-order valence-corrected chi connectivity index (χ3v) is 7.55. The number of thiophene rings is 1. The van der Waals surface area contributed by atoms with Crippen molar-refractivity contribution in [3.05, 3.63) is 52.4 Å². The highest BCUT2D eigenvalue weighted by atomic mass is 32.1. The third-order valence-electron chi connectivity index (χ3n) is 6.44. The minimum absolute atomic E-state index is 0.256. The summed E-state index contributed by atoms with van der Waals surface area (Å²) in [5.74, 6) is 0.648. The lowest BCUT2D eigenvalue weighted by molar-refractivity contribution is 0.112. The average Bonchev–Trinajstić information content (AvgIpc) is 3.23. The van der Waals surface area contributed by atoms with Crippen LogP contribution in [0.15, 0.2) is 42.0 Å². The predicted molar refractivity (Wildman–Crippen MR) is 121 cm³/mol. The van der Waals surface area contributed by atoms with Gasteiger partial charge in [0.25, 0.3) is 0 Å². The van der Waals surface area contributed by atoms with Crippen LogP contribution >= 0.6 is 11.3 Å². The number of hydrogen-bond donors (Lipinski definition) is 1. The van der Waals surface area contributed by atoms with Crippen LogP contribution in [0.4, 0.5) is 0 Å². The Bertz CT molecular complexity index is 849. The summed E-state index contributed by atoms with van der Waals surface area (Å²) >= 11 is 1.62. The fraction of sp³-hybridized carbons (Fsp3) is 0.480. The first kappa shape index (κ1) is 20.5. The van der Waals surface area contributed by atoms with E-state index in [4.69, 9.17) is 0 Å². The number of aliphatic hydroxyl groups excluding tert-OH is 1. The Morgan fingerprint density at radius 3 is 2.66 bits per heavy atom. The molecular weight excluding hydrogens is 378 g/mol. The number of benzene rings is 1. The van der Waals surface area contributed by atoms with Gasteiger partial charge in [-0.25, -0.2) is 0 Å². The molecule has 0 bridgehead atoms. The number of nitrogens with zero attached hydrogens (tertiary/aromatic N) is 1. The van der Waals surface area contributed by atoms with Crippen molar-refractivity contribution in [2.45, 2.75) is 44.9 Å². The second kappa shape index (κ2) is 9.84. The highest BCUT2D eigenvalue weighted by Gasteiger charge is 2.28. The molecule has 0 atom stereocenters. The number of hydrogen-bond acceptors (Lipinski definition) is 4. The van der Waals surface area contributed by atoms with Crippen LogP contribution in [0, 0.1) is 5.92 Å². The van der Waals surface area contributed by atoms with Gasteiger partial charge in [0.05, 0.1) is 4.88 Å². The molecular formula is C25H31NO2S. The Morgan fingerprint density at radius 2 is 1.93 bits per heavy atom. The zero-order valence-corrected chi connectivity index (χ0v) is 17.9. The van der Waals surface area contributed by atoms with Gasteiger partial charge in [-0.2, -0.15) is 0 Å². The monoisotopic (exact) mass is 409 g/mol. The topological polar surface area (TPSA) is 40.5 Å². The largest absolute Gasteiger partial charge is 0.396 e. The zero-order valence-electron chi connectivity index (χ0n) is 17.1. The smallest absolute Gasteiger partial charge is 0.160 e. The van der Waals surface area contributed by atoms with Crippen LogP contribution in [0.3, 0.4) is 0 Å². The van der Waals surface area contributed by atoms with E-state index in [1.807, 2.05) is 6.07 Å². The number of aliphatic hydroxyl groups is 1. The summed E-state index contributed by atoms with van der Waals surface area (Å²) < 4.78 is 0. The molecule has 1 aliphatic heterocycles. The van der Waals surface area contributed by atoms with Crippen LogP contribution in [-0.4, -0.2) is 42.5 Å². The molecule has 3 nitrogen and oxygen atoms in total. The molecule has 2 aliphatic rings. The van der Waals surface area contributed by atoms with Crippen molar-refractivity contribution in [2.24, 2.45) is 5.92 Å². The van der Waals surface area contributed by atoms with Crippen LogP contribution in [0.5, 0.6) is 0 Å². The summed E-state index contributed by atoms with van der Waals surface area (Å²) in [7, 11) is 0. The molecule has 1 fully saturated rings. The van der Waals surface area contributed by atoms with Gasteiger partial charge in [0.15, 0.2) is 6.29 Å². The Balaban J connectivity index is 1.72. The minimum atomic E-state index is 0.256. The third kappa shape index (κ3) is 4.71. The van der Waals surface area contributed by atoms with Gasteiger partial charge in [-0.3, -0.25) is 9.69 Å². The van der Waals surface area contributed by atoms with Crippen LogP contribution in [0.25, 0.3) is 16.0 Å². The number of rotatable bonds is 7. The highest BCUT2D eigenvalue weighted by Crippen LogP contribution is 2.42. The number of aldehydes is 1. The highest BCUT2D eigenvalue weighted by molar-refractivity contribution is 7.17. The van der Waals surface area contributed by atoms with E-state index in [9.17, 15) is 9.90 Å². The summed E-state index contributed by atoms with van der Waals surface area (Å²) in [6, 6.07) is 12.6. The number of carbonyl (C=O) groups excluding carboxylic acids is 1. The molecule has 29 heavy (non-hydrogen) atoms. The standard InChI is InChI=1S/C25H31NO2S/c27-15-7-13-26-14-12-21(23(17-26)19-8-3-1-4-9-19)22-16-24(29-25(22)18-28)20-10-5-2-6-11-20/h2,5-6,10-11,16,18-19,27H,1,3-4,7-9,12-15,17H2. The second-order valence-corrected chi connectivity index (χ2v) is 9.40. The molecule has 2 aromatic rings. The van der Waals surface area contributed by atoms with E-state index in [-0.39, 0.29) is 6.61 Å². The van der Waals surface area contributed by atoms with E-state index in [0.717, 1.165) is 43.6 Å². The van der Waals surface area contributed by atoms with Gasteiger partial charge < -0.3 is 5.11 Å². The Morgan fingerprint density at radius 1 is 1.14 bits per heavy atom. The molecule has 1 aliphatic carbocycles. The molecule has 0 radical (unpaired) electrons. The van der Waals surface area contributed by atoms with E-state index in [1.54, 1.807) is 16.9 Å². The maximum atomic E-state index is 12.0. The lowest BCUT2D eigenvalue weighted by Gasteiger charge is -2.36. The summed E-state index contributed by atoms with van der Waals surface area (Å²) in [4.78, 5) is 16.5. The molecule has 0 saturated heterocycles. The Labute approximate surface area is 178 Å². The van der Waals surface area contributed by atoms with Crippen LogP contribution in [0.2, 0.25) is 0 Å². The average molecular weight is 410 g/mol. The van der Waals surface area contributed by atoms with E-state index in [0.29, 0.717) is 5.92 Å². The molecule has 1 aromatic carbocycles. The first-order valence-electron chi connectivity index (χ1n) is 11.0. The van der Waals surface area contributed by atoms with Crippen molar-refractivity contribution in [2.75, 3.05) is 26.2 Å². The van der Waals surface area contributed by atoms with E-state index in [1.165, 1.54) is 53.7 Å². The maximum Gasteiger partial charge on any atom is 0.160 e. The van der Waals surface area contributed by atoms with Crippen molar-refractivity contribution in [1.82, 2.24) is 4.90 Å². The van der Waals surface area contributed by atoms with Crippen LogP contribution in [0.1, 0.15) is 60.2 Å². The van der Waals surface area contributed by atoms with Gasteiger partial charge in [0.2, 0.25) is 0 Å². The first-order valence-corrected chi connectivity index (χ1v) is 11.8. The minimum Gasteiger partial charge on any atom is -0.396 e. The molecule has 1 aromatic heterocycles. The molecule has 1 saturated carbocycles. The van der Waals surface area contributed by atoms with Gasteiger partial charge in [-0.05, 0) is 59.9 Å². The molecule has 1 N–H and O–H groups in total. The maximum absolute atomic E-state index is 12.0. The van der Waals surface area contributed by atoms with Crippen LogP contribution in [-0.2, 0) is 0 Å². The predicted octanol–water partition coefficient (Wildman–Crippen LogP) is 5.65. The van der Waals surface area contributed by atoms with Crippen molar-refractivity contribution in [3.63, 3.8) is 0 Å². The van der Waals surface area contributed by atoms with Crippen molar-refractivity contribution in [3.8, 4) is 10.4 Å². The van der Waals surface area contributed by atoms with Gasteiger partial charge >= 0.3 is 0 Å². The van der Waals surface area contributed by atoms with Crippen molar-refractivity contribution >= 4 is 23.2 Å². The van der Waals surface area contributed by atoms with Gasteiger partial charge in [0, 0.05) is 31.1 Å². The lowest BCUT2D eigenvalue weighted by atomic mass is 9.78. The lowest BCUT2D eigenvalue weighted by Crippen LogP contribution is -2.35. The molecule has 0 amide bonds. The molecule has 154 valence electrons. The van der Waals surface area contributed by atoms with Crippen LogP contribution < -0.4 is 0 Å². The van der Waals surface area contributed by atoms with E-state index in [2.05, 4.69) is 35.2 Å². The Hall–Kier alpha value is -1.75. The molecule has 4 heteroatoms. The molecule has 2 heterocycles. The summed E-state index contributed by atoms with van der Waals surface area (Å²) in [6.07, 6.45) is 9.43. The van der Waals surface area contributed by atoms with Gasteiger partial charge in [-0.15, -0.1) is 11.3 Å². The molecule has 0 spiro atoms. The second-order valence-electron chi connectivity index (χ2n) is 8.31. The zero-order chi connectivity index (χ0) is 20.1.